The van der Waals surface area contributed by atoms with Gasteiger partial charge < -0.3 is 4.74 Å². The normalized spacial score (nSPS) is 14.9. The number of esters is 1. The lowest BCUT2D eigenvalue weighted by Gasteiger charge is -2.36. The van der Waals surface area contributed by atoms with Gasteiger partial charge in [0, 0.05) is 0 Å². The Morgan fingerprint density at radius 1 is 1.17 bits per heavy atom. The monoisotopic (exact) mass is 248 g/mol. The number of hydrogen-bond donors (Lipinski definition) is 0. The van der Waals surface area contributed by atoms with Crippen molar-refractivity contribution in [1.82, 2.24) is 0 Å². The number of hydrogen-bond acceptors (Lipinski definition) is 2. The summed E-state index contributed by atoms with van der Waals surface area (Å²) in [5.74, 6) is -0.141. The molecule has 0 aliphatic carbocycles. The minimum Gasteiger partial charge on any atom is -0.469 e. The third kappa shape index (κ3) is 3.12. The molecular weight excluding hydrogens is 224 g/mol. The van der Waals surface area contributed by atoms with Gasteiger partial charge in [-0.05, 0) is 37.7 Å². The molecule has 18 heavy (non-hydrogen) atoms. The van der Waals surface area contributed by atoms with Crippen molar-refractivity contribution >= 4 is 5.97 Å². The van der Waals surface area contributed by atoms with E-state index in [1.54, 1.807) is 0 Å². The predicted octanol–water partition coefficient (Wildman–Crippen LogP) is 3.94. The van der Waals surface area contributed by atoms with Crippen molar-refractivity contribution in [3.8, 4) is 0 Å². The number of benzene rings is 1. The maximum absolute atomic E-state index is 11.8. The van der Waals surface area contributed by atoms with Gasteiger partial charge in [-0.25, -0.2) is 0 Å². The molecule has 0 aliphatic rings. The highest BCUT2D eigenvalue weighted by atomic mass is 16.5. The third-order valence-electron chi connectivity index (χ3n) is 3.82. The first-order valence-electron chi connectivity index (χ1n) is 6.49. The molecule has 100 valence electrons. The van der Waals surface area contributed by atoms with E-state index in [-0.39, 0.29) is 11.4 Å². The Balaban J connectivity index is 3.01. The van der Waals surface area contributed by atoms with Crippen LogP contribution in [0.4, 0.5) is 0 Å². The fraction of sp³-hybridized carbons (Fsp3) is 0.562. The molecule has 0 N–H and O–H groups in total. The summed E-state index contributed by atoms with van der Waals surface area (Å²) < 4.78 is 4.90. The average Bonchev–Trinajstić information content (AvgIpc) is 2.38. The summed E-state index contributed by atoms with van der Waals surface area (Å²) in [4.78, 5) is 11.8. The molecule has 0 saturated carbocycles. The summed E-state index contributed by atoms with van der Waals surface area (Å²) in [6.45, 7) is 8.29. The van der Waals surface area contributed by atoms with Crippen LogP contribution >= 0.6 is 0 Å². The standard InChI is InChI=1S/C16H24O2/c1-6-16(4,13-10-8-7-9-11-13)12-15(2,3)14(17)18-5/h7-11H,6,12H2,1-5H3. The van der Waals surface area contributed by atoms with Gasteiger partial charge in [-0.3, -0.25) is 4.79 Å². The second kappa shape index (κ2) is 5.55. The Labute approximate surface area is 110 Å². The van der Waals surface area contributed by atoms with Crippen LogP contribution in [0.2, 0.25) is 0 Å². The van der Waals surface area contributed by atoms with Crippen molar-refractivity contribution < 1.29 is 9.53 Å². The molecule has 1 aromatic rings. The Kier molecular flexibility index (Phi) is 4.55. The average molecular weight is 248 g/mol. The SMILES string of the molecule is CCC(C)(CC(C)(C)C(=O)OC)c1ccccc1. The lowest BCUT2D eigenvalue weighted by atomic mass is 9.69. The van der Waals surface area contributed by atoms with E-state index in [1.807, 2.05) is 32.0 Å². The van der Waals surface area contributed by atoms with Gasteiger partial charge in [0.1, 0.15) is 0 Å². The summed E-state index contributed by atoms with van der Waals surface area (Å²) in [5, 5.41) is 0. The molecule has 1 aromatic carbocycles. The molecule has 0 radical (unpaired) electrons. The number of rotatable bonds is 5. The zero-order chi connectivity index (χ0) is 13.8. The van der Waals surface area contributed by atoms with Crippen LogP contribution in [0.3, 0.4) is 0 Å². The molecule has 0 amide bonds. The van der Waals surface area contributed by atoms with Crippen molar-refractivity contribution in [1.29, 1.82) is 0 Å². The van der Waals surface area contributed by atoms with E-state index >= 15 is 0 Å². The molecule has 1 atom stereocenters. The topological polar surface area (TPSA) is 26.3 Å². The molecule has 0 saturated heterocycles. The molecule has 0 fully saturated rings. The first kappa shape index (κ1) is 14.7. The van der Waals surface area contributed by atoms with Crippen molar-refractivity contribution in [2.75, 3.05) is 7.11 Å². The Morgan fingerprint density at radius 3 is 2.17 bits per heavy atom. The van der Waals surface area contributed by atoms with E-state index in [4.69, 9.17) is 4.74 Å². The number of ether oxygens (including phenoxy) is 1. The molecule has 2 nitrogen and oxygen atoms in total. The molecular formula is C16H24O2. The Hall–Kier alpha value is -1.31. The van der Waals surface area contributed by atoms with Crippen molar-refractivity contribution in [2.24, 2.45) is 5.41 Å². The van der Waals surface area contributed by atoms with E-state index in [9.17, 15) is 4.79 Å². The van der Waals surface area contributed by atoms with Crippen LogP contribution in [-0.4, -0.2) is 13.1 Å². The van der Waals surface area contributed by atoms with Crippen LogP contribution in [0.25, 0.3) is 0 Å². The Bertz CT molecular complexity index is 395. The smallest absolute Gasteiger partial charge is 0.311 e. The highest BCUT2D eigenvalue weighted by Crippen LogP contribution is 2.39. The van der Waals surface area contributed by atoms with E-state index < -0.39 is 5.41 Å². The first-order chi connectivity index (χ1) is 8.35. The predicted molar refractivity (Wildman–Crippen MR) is 74.5 cm³/mol. The maximum Gasteiger partial charge on any atom is 0.311 e. The van der Waals surface area contributed by atoms with E-state index in [0.717, 1.165) is 12.8 Å². The minimum atomic E-state index is -0.463. The minimum absolute atomic E-state index is 0.00104. The van der Waals surface area contributed by atoms with Crippen molar-refractivity contribution in [2.45, 2.75) is 46.0 Å². The van der Waals surface area contributed by atoms with E-state index in [2.05, 4.69) is 26.0 Å². The summed E-state index contributed by atoms with van der Waals surface area (Å²) in [6.07, 6.45) is 1.78. The van der Waals surface area contributed by atoms with E-state index in [0.29, 0.717) is 0 Å². The van der Waals surface area contributed by atoms with Crippen LogP contribution in [0.15, 0.2) is 30.3 Å². The molecule has 1 rings (SSSR count). The first-order valence-corrected chi connectivity index (χ1v) is 6.49. The van der Waals surface area contributed by atoms with Gasteiger partial charge in [0.05, 0.1) is 12.5 Å². The van der Waals surface area contributed by atoms with Gasteiger partial charge in [0.2, 0.25) is 0 Å². The van der Waals surface area contributed by atoms with Crippen LogP contribution in [-0.2, 0) is 14.9 Å². The highest BCUT2D eigenvalue weighted by Gasteiger charge is 2.37. The van der Waals surface area contributed by atoms with Gasteiger partial charge >= 0.3 is 5.97 Å². The van der Waals surface area contributed by atoms with E-state index in [1.165, 1.54) is 12.7 Å². The van der Waals surface area contributed by atoms with Crippen LogP contribution < -0.4 is 0 Å². The maximum atomic E-state index is 11.8. The summed E-state index contributed by atoms with van der Waals surface area (Å²) >= 11 is 0. The van der Waals surface area contributed by atoms with Crippen LogP contribution in [0, 0.1) is 5.41 Å². The summed E-state index contributed by atoms with van der Waals surface area (Å²) in [7, 11) is 1.45. The van der Waals surface area contributed by atoms with Gasteiger partial charge in [-0.1, -0.05) is 44.2 Å². The highest BCUT2D eigenvalue weighted by molar-refractivity contribution is 5.75. The largest absolute Gasteiger partial charge is 0.469 e. The van der Waals surface area contributed by atoms with Crippen molar-refractivity contribution in [3.63, 3.8) is 0 Å². The summed E-state index contributed by atoms with van der Waals surface area (Å²) in [5.41, 5.74) is 0.818. The zero-order valence-corrected chi connectivity index (χ0v) is 12.1. The third-order valence-corrected chi connectivity index (χ3v) is 3.82. The zero-order valence-electron chi connectivity index (χ0n) is 12.1. The number of carbonyl (C=O) groups is 1. The fourth-order valence-corrected chi connectivity index (χ4v) is 2.60. The number of carbonyl (C=O) groups excluding carboxylic acids is 1. The molecule has 0 bridgehead atoms. The summed E-state index contributed by atoms with van der Waals surface area (Å²) in [6, 6.07) is 10.4. The van der Waals surface area contributed by atoms with Gasteiger partial charge in [-0.15, -0.1) is 0 Å². The number of methoxy groups -OCH3 is 1. The van der Waals surface area contributed by atoms with Crippen LogP contribution in [0.1, 0.15) is 46.1 Å². The quantitative estimate of drug-likeness (QED) is 0.738. The van der Waals surface area contributed by atoms with Crippen LogP contribution in [0.5, 0.6) is 0 Å². The lowest BCUT2D eigenvalue weighted by molar-refractivity contribution is -0.152. The van der Waals surface area contributed by atoms with Gasteiger partial charge in [0.15, 0.2) is 0 Å². The van der Waals surface area contributed by atoms with Gasteiger partial charge in [-0.2, -0.15) is 0 Å². The van der Waals surface area contributed by atoms with Gasteiger partial charge in [0.25, 0.3) is 0 Å². The molecule has 0 spiro atoms. The second-order valence-corrected chi connectivity index (χ2v) is 5.83. The second-order valence-electron chi connectivity index (χ2n) is 5.83. The lowest BCUT2D eigenvalue weighted by Crippen LogP contribution is -2.35. The Morgan fingerprint density at radius 2 is 1.72 bits per heavy atom. The van der Waals surface area contributed by atoms with Crippen molar-refractivity contribution in [3.05, 3.63) is 35.9 Å². The fourth-order valence-electron chi connectivity index (χ4n) is 2.60. The molecule has 0 aromatic heterocycles. The molecule has 0 aliphatic heterocycles. The molecule has 2 heteroatoms. The molecule has 1 unspecified atom stereocenters. The molecule has 0 heterocycles.